The van der Waals surface area contributed by atoms with Crippen molar-refractivity contribution in [3.8, 4) is 0 Å². The normalized spacial score (nSPS) is 26.5. The SMILES string of the molecule is COCC1CC(c2ccncc2)CCN1. The Hall–Kier alpha value is -0.930. The van der Waals surface area contributed by atoms with Gasteiger partial charge in [-0.25, -0.2) is 0 Å². The molecular formula is C12H18N2O. The first kappa shape index (κ1) is 10.6. The number of hydrogen-bond acceptors (Lipinski definition) is 3. The zero-order chi connectivity index (χ0) is 10.5. The molecule has 2 heterocycles. The molecule has 82 valence electrons. The molecule has 2 atom stereocenters. The maximum absolute atomic E-state index is 5.19. The van der Waals surface area contributed by atoms with E-state index in [4.69, 9.17) is 4.74 Å². The molecule has 0 radical (unpaired) electrons. The van der Waals surface area contributed by atoms with Crippen LogP contribution in [0.3, 0.4) is 0 Å². The van der Waals surface area contributed by atoms with Gasteiger partial charge in [0.15, 0.2) is 0 Å². The molecule has 1 fully saturated rings. The number of hydrogen-bond donors (Lipinski definition) is 1. The third kappa shape index (κ3) is 2.76. The fourth-order valence-electron chi connectivity index (χ4n) is 2.27. The highest BCUT2D eigenvalue weighted by molar-refractivity contribution is 5.17. The molecule has 0 saturated carbocycles. The fourth-order valence-corrected chi connectivity index (χ4v) is 2.27. The predicted molar refractivity (Wildman–Crippen MR) is 59.9 cm³/mol. The highest BCUT2D eigenvalue weighted by Gasteiger charge is 2.22. The van der Waals surface area contributed by atoms with Crippen molar-refractivity contribution in [1.29, 1.82) is 0 Å². The minimum atomic E-state index is 0.502. The van der Waals surface area contributed by atoms with E-state index in [2.05, 4.69) is 22.4 Å². The van der Waals surface area contributed by atoms with Gasteiger partial charge in [0, 0.05) is 25.5 Å². The summed E-state index contributed by atoms with van der Waals surface area (Å²) in [7, 11) is 1.76. The Morgan fingerprint density at radius 3 is 3.00 bits per heavy atom. The lowest BCUT2D eigenvalue weighted by atomic mass is 9.87. The molecule has 3 nitrogen and oxygen atoms in total. The minimum Gasteiger partial charge on any atom is -0.383 e. The summed E-state index contributed by atoms with van der Waals surface area (Å²) in [6.07, 6.45) is 6.13. The quantitative estimate of drug-likeness (QED) is 0.815. The monoisotopic (exact) mass is 206 g/mol. The first-order chi connectivity index (χ1) is 7.40. The van der Waals surface area contributed by atoms with Crippen LogP contribution in [0.15, 0.2) is 24.5 Å². The number of pyridine rings is 1. The van der Waals surface area contributed by atoms with Crippen LogP contribution in [0, 0.1) is 0 Å². The van der Waals surface area contributed by atoms with Crippen molar-refractivity contribution in [2.24, 2.45) is 0 Å². The van der Waals surface area contributed by atoms with Crippen LogP contribution in [0.4, 0.5) is 0 Å². The molecule has 2 rings (SSSR count). The molecule has 1 saturated heterocycles. The lowest BCUT2D eigenvalue weighted by molar-refractivity contribution is 0.149. The van der Waals surface area contributed by atoms with Crippen molar-refractivity contribution >= 4 is 0 Å². The molecular weight excluding hydrogens is 188 g/mol. The van der Waals surface area contributed by atoms with Gasteiger partial charge in [0.25, 0.3) is 0 Å². The van der Waals surface area contributed by atoms with Gasteiger partial charge in [-0.3, -0.25) is 4.98 Å². The van der Waals surface area contributed by atoms with E-state index in [1.807, 2.05) is 12.4 Å². The Morgan fingerprint density at radius 2 is 2.27 bits per heavy atom. The average Bonchev–Trinajstić information content (AvgIpc) is 2.31. The van der Waals surface area contributed by atoms with Crippen molar-refractivity contribution < 1.29 is 4.74 Å². The summed E-state index contributed by atoms with van der Waals surface area (Å²) in [6.45, 7) is 1.89. The van der Waals surface area contributed by atoms with Gasteiger partial charge < -0.3 is 10.1 Å². The number of nitrogens with one attached hydrogen (secondary N) is 1. The molecule has 0 aliphatic carbocycles. The van der Waals surface area contributed by atoms with Crippen molar-refractivity contribution in [3.05, 3.63) is 30.1 Å². The van der Waals surface area contributed by atoms with Crippen molar-refractivity contribution in [2.45, 2.75) is 24.8 Å². The van der Waals surface area contributed by atoms with Gasteiger partial charge in [-0.2, -0.15) is 0 Å². The molecule has 1 aliphatic rings. The molecule has 0 bridgehead atoms. The van der Waals surface area contributed by atoms with E-state index in [0.29, 0.717) is 12.0 Å². The number of methoxy groups -OCH3 is 1. The molecule has 1 N–H and O–H groups in total. The van der Waals surface area contributed by atoms with Crippen LogP contribution in [0.25, 0.3) is 0 Å². The molecule has 0 spiro atoms. The Bertz CT molecular complexity index is 287. The maximum atomic E-state index is 5.19. The van der Waals surface area contributed by atoms with Gasteiger partial charge in [-0.05, 0) is 43.0 Å². The first-order valence-corrected chi connectivity index (χ1v) is 5.52. The summed E-state index contributed by atoms with van der Waals surface area (Å²) in [6, 6.07) is 4.75. The molecule has 1 aliphatic heterocycles. The maximum Gasteiger partial charge on any atom is 0.0616 e. The Kier molecular flexibility index (Phi) is 3.69. The topological polar surface area (TPSA) is 34.1 Å². The molecule has 0 aromatic carbocycles. The van der Waals surface area contributed by atoms with Crippen molar-refractivity contribution in [3.63, 3.8) is 0 Å². The van der Waals surface area contributed by atoms with Gasteiger partial charge in [0.05, 0.1) is 6.61 Å². The smallest absolute Gasteiger partial charge is 0.0616 e. The van der Waals surface area contributed by atoms with Crippen LogP contribution in [0.1, 0.15) is 24.3 Å². The molecule has 0 amide bonds. The van der Waals surface area contributed by atoms with Gasteiger partial charge in [0.1, 0.15) is 0 Å². The standard InChI is InChI=1S/C12H18N2O/c1-15-9-12-8-11(4-7-14-12)10-2-5-13-6-3-10/h2-3,5-6,11-12,14H,4,7-9H2,1H3. The van der Waals surface area contributed by atoms with Crippen LogP contribution < -0.4 is 5.32 Å². The third-order valence-electron chi connectivity index (χ3n) is 3.04. The Morgan fingerprint density at radius 1 is 1.47 bits per heavy atom. The second-order valence-electron chi connectivity index (χ2n) is 4.11. The van der Waals surface area contributed by atoms with E-state index in [1.165, 1.54) is 12.0 Å². The van der Waals surface area contributed by atoms with Crippen LogP contribution in [0.2, 0.25) is 0 Å². The van der Waals surface area contributed by atoms with Gasteiger partial charge >= 0.3 is 0 Å². The number of nitrogens with zero attached hydrogens (tertiary/aromatic N) is 1. The second kappa shape index (κ2) is 5.24. The Balaban J connectivity index is 1.98. The molecule has 3 heteroatoms. The van der Waals surface area contributed by atoms with Gasteiger partial charge in [-0.1, -0.05) is 0 Å². The van der Waals surface area contributed by atoms with Crippen LogP contribution in [0.5, 0.6) is 0 Å². The van der Waals surface area contributed by atoms with E-state index in [1.54, 1.807) is 7.11 Å². The highest BCUT2D eigenvalue weighted by Crippen LogP contribution is 2.27. The lowest BCUT2D eigenvalue weighted by Crippen LogP contribution is -2.40. The van der Waals surface area contributed by atoms with E-state index in [-0.39, 0.29) is 0 Å². The fraction of sp³-hybridized carbons (Fsp3) is 0.583. The van der Waals surface area contributed by atoms with Gasteiger partial charge in [0.2, 0.25) is 0 Å². The zero-order valence-electron chi connectivity index (χ0n) is 9.15. The summed E-state index contributed by atoms with van der Waals surface area (Å²) in [5, 5.41) is 3.48. The number of ether oxygens (including phenoxy) is 1. The third-order valence-corrected chi connectivity index (χ3v) is 3.04. The van der Waals surface area contributed by atoms with E-state index in [0.717, 1.165) is 19.6 Å². The van der Waals surface area contributed by atoms with E-state index >= 15 is 0 Å². The molecule has 1 aromatic rings. The Labute approximate surface area is 90.9 Å². The molecule has 15 heavy (non-hydrogen) atoms. The summed E-state index contributed by atoms with van der Waals surface area (Å²) < 4.78 is 5.19. The van der Waals surface area contributed by atoms with E-state index in [9.17, 15) is 0 Å². The summed E-state index contributed by atoms with van der Waals surface area (Å²) >= 11 is 0. The average molecular weight is 206 g/mol. The zero-order valence-corrected chi connectivity index (χ0v) is 9.15. The van der Waals surface area contributed by atoms with Crippen LogP contribution in [-0.4, -0.2) is 31.3 Å². The number of piperidine rings is 1. The first-order valence-electron chi connectivity index (χ1n) is 5.52. The summed E-state index contributed by atoms with van der Waals surface area (Å²) in [4.78, 5) is 4.06. The highest BCUT2D eigenvalue weighted by atomic mass is 16.5. The number of rotatable bonds is 3. The van der Waals surface area contributed by atoms with Crippen molar-refractivity contribution in [2.75, 3.05) is 20.3 Å². The summed E-state index contributed by atoms with van der Waals surface area (Å²) in [5.41, 5.74) is 1.41. The minimum absolute atomic E-state index is 0.502. The summed E-state index contributed by atoms with van der Waals surface area (Å²) in [5.74, 6) is 0.661. The van der Waals surface area contributed by atoms with E-state index < -0.39 is 0 Å². The number of aromatic nitrogens is 1. The van der Waals surface area contributed by atoms with Crippen LogP contribution in [-0.2, 0) is 4.74 Å². The second-order valence-corrected chi connectivity index (χ2v) is 4.11. The predicted octanol–water partition coefficient (Wildman–Crippen LogP) is 1.56. The molecule has 1 aromatic heterocycles. The van der Waals surface area contributed by atoms with Crippen LogP contribution >= 0.6 is 0 Å². The lowest BCUT2D eigenvalue weighted by Gasteiger charge is -2.30. The molecule has 2 unspecified atom stereocenters. The van der Waals surface area contributed by atoms with Gasteiger partial charge in [-0.15, -0.1) is 0 Å². The van der Waals surface area contributed by atoms with Crippen molar-refractivity contribution in [1.82, 2.24) is 10.3 Å². The largest absolute Gasteiger partial charge is 0.383 e.